The van der Waals surface area contributed by atoms with Crippen LogP contribution < -0.4 is 5.48 Å². The highest BCUT2D eigenvalue weighted by Crippen LogP contribution is 2.40. The van der Waals surface area contributed by atoms with Crippen molar-refractivity contribution in [3.8, 4) is 0 Å². The van der Waals surface area contributed by atoms with E-state index >= 15 is 0 Å². The van der Waals surface area contributed by atoms with Gasteiger partial charge in [0.25, 0.3) is 5.70 Å². The number of nitrogens with one attached hydrogen (secondary N) is 1. The Morgan fingerprint density at radius 1 is 1.45 bits per heavy atom. The Kier molecular flexibility index (Phi) is 4.96. The fraction of sp³-hybridized carbons (Fsp3) is 0.273. The Labute approximate surface area is 117 Å². The quantitative estimate of drug-likeness (QED) is 0.677. The largest absolute Gasteiger partial charge is 0.423 e. The fourth-order valence-electron chi connectivity index (χ4n) is 1.57. The van der Waals surface area contributed by atoms with Crippen LogP contribution in [0.2, 0.25) is 5.02 Å². The molecule has 1 rings (SSSR count). The fourth-order valence-corrected chi connectivity index (χ4v) is 1.74. The molecule has 0 aromatic heterocycles. The summed E-state index contributed by atoms with van der Waals surface area (Å²) in [6, 6.07) is 3.56. The first-order chi connectivity index (χ1) is 9.18. The molecule has 9 heteroatoms. The number of rotatable bonds is 4. The van der Waals surface area contributed by atoms with Gasteiger partial charge in [-0.1, -0.05) is 11.6 Å². The van der Waals surface area contributed by atoms with E-state index < -0.39 is 27.9 Å². The number of benzene rings is 1. The minimum Gasteiger partial charge on any atom is -0.279 e. The maximum atomic E-state index is 13.1. The number of alkyl halides is 3. The molecule has 0 saturated carbocycles. The zero-order valence-electron chi connectivity index (χ0n) is 10.4. The van der Waals surface area contributed by atoms with E-state index in [0.717, 1.165) is 13.0 Å². The number of anilines is 1. The molecule has 1 aromatic rings. The maximum absolute atomic E-state index is 13.1. The number of allylic oxidation sites excluding steroid dienone is 2. The van der Waals surface area contributed by atoms with Crippen molar-refractivity contribution < 1.29 is 22.9 Å². The molecule has 1 N–H and O–H groups in total. The molecule has 1 aromatic carbocycles. The predicted molar refractivity (Wildman–Crippen MR) is 67.7 cm³/mol. The number of hydrogen-bond acceptors (Lipinski definition) is 4. The maximum Gasteiger partial charge on any atom is 0.423 e. The lowest BCUT2D eigenvalue weighted by Crippen LogP contribution is -2.17. The van der Waals surface area contributed by atoms with Crippen molar-refractivity contribution in [3.05, 3.63) is 44.6 Å². The molecular weight excluding hydrogens is 301 g/mol. The van der Waals surface area contributed by atoms with Crippen LogP contribution in [-0.2, 0) is 4.84 Å². The van der Waals surface area contributed by atoms with E-state index in [0.29, 0.717) is 0 Å². The van der Waals surface area contributed by atoms with Crippen LogP contribution in [0.25, 0.3) is 5.57 Å². The van der Waals surface area contributed by atoms with Crippen LogP contribution in [-0.4, -0.2) is 18.2 Å². The van der Waals surface area contributed by atoms with Gasteiger partial charge in [-0.15, -0.1) is 0 Å². The molecular formula is C11H10ClF3N2O3. The molecule has 0 unspecified atom stereocenters. The van der Waals surface area contributed by atoms with Crippen molar-refractivity contribution >= 4 is 22.9 Å². The molecule has 20 heavy (non-hydrogen) atoms. The summed E-state index contributed by atoms with van der Waals surface area (Å²) in [7, 11) is 1.20. The third-order valence-corrected chi connectivity index (χ3v) is 2.62. The molecule has 110 valence electrons. The van der Waals surface area contributed by atoms with E-state index in [1.165, 1.54) is 19.2 Å². The third kappa shape index (κ3) is 3.61. The van der Waals surface area contributed by atoms with E-state index in [1.54, 1.807) is 0 Å². The summed E-state index contributed by atoms with van der Waals surface area (Å²) in [5.41, 5.74) is -0.715. The Hall–Kier alpha value is -1.80. The normalized spacial score (nSPS) is 12.9. The van der Waals surface area contributed by atoms with Gasteiger partial charge in [-0.25, -0.2) is 0 Å². The third-order valence-electron chi connectivity index (χ3n) is 2.38. The monoisotopic (exact) mass is 310 g/mol. The van der Waals surface area contributed by atoms with Crippen molar-refractivity contribution in [1.29, 1.82) is 0 Å². The molecule has 0 spiro atoms. The molecule has 0 radical (unpaired) electrons. The van der Waals surface area contributed by atoms with Gasteiger partial charge in [0.1, 0.15) is 5.57 Å². The van der Waals surface area contributed by atoms with Gasteiger partial charge in [-0.3, -0.25) is 20.4 Å². The number of halogens is 4. The second kappa shape index (κ2) is 6.10. The van der Waals surface area contributed by atoms with Gasteiger partial charge in [0.2, 0.25) is 0 Å². The second-order valence-corrected chi connectivity index (χ2v) is 4.15. The van der Waals surface area contributed by atoms with Gasteiger partial charge in [0, 0.05) is 17.5 Å². The number of hydrogen-bond donors (Lipinski definition) is 1. The van der Waals surface area contributed by atoms with Crippen molar-refractivity contribution in [2.24, 2.45) is 0 Å². The molecule has 0 saturated heterocycles. The summed E-state index contributed by atoms with van der Waals surface area (Å²) in [6.07, 6.45) is -4.91. The zero-order valence-corrected chi connectivity index (χ0v) is 11.2. The van der Waals surface area contributed by atoms with Gasteiger partial charge in [0.15, 0.2) is 0 Å². The standard InChI is InChI=1S/C11H10ClF3N2O3/c1-6(17(18)19)10(11(13,14)15)8-5-7(12)3-4-9(8)16-20-2/h3-5,16H,1-2H3/b10-6-. The summed E-state index contributed by atoms with van der Waals surface area (Å²) in [6.45, 7) is 0.778. The van der Waals surface area contributed by atoms with E-state index in [2.05, 4.69) is 10.3 Å². The highest BCUT2D eigenvalue weighted by molar-refractivity contribution is 6.30. The average Bonchev–Trinajstić information content (AvgIpc) is 2.31. The van der Waals surface area contributed by atoms with E-state index in [9.17, 15) is 23.3 Å². The van der Waals surface area contributed by atoms with Crippen LogP contribution in [0.4, 0.5) is 18.9 Å². The molecule has 0 atom stereocenters. The Morgan fingerprint density at radius 3 is 2.50 bits per heavy atom. The lowest BCUT2D eigenvalue weighted by atomic mass is 10.0. The lowest BCUT2D eigenvalue weighted by molar-refractivity contribution is -0.424. The first-order valence-electron chi connectivity index (χ1n) is 5.20. The molecule has 0 aliphatic rings. The summed E-state index contributed by atoms with van der Waals surface area (Å²) in [5.74, 6) is 0. The van der Waals surface area contributed by atoms with Gasteiger partial charge in [0.05, 0.1) is 17.7 Å². The Morgan fingerprint density at radius 2 is 2.05 bits per heavy atom. The molecule has 0 bridgehead atoms. The molecule has 0 aliphatic carbocycles. The summed E-state index contributed by atoms with van der Waals surface area (Å²) in [4.78, 5) is 14.1. The zero-order chi connectivity index (χ0) is 15.5. The van der Waals surface area contributed by atoms with E-state index in [-0.39, 0.29) is 10.7 Å². The molecule has 5 nitrogen and oxygen atoms in total. The summed E-state index contributed by atoms with van der Waals surface area (Å²) in [5, 5.41) is 10.7. The number of nitro groups is 1. The molecule has 0 amide bonds. The van der Waals surface area contributed by atoms with Gasteiger partial charge < -0.3 is 0 Å². The van der Waals surface area contributed by atoms with Gasteiger partial charge in [-0.2, -0.15) is 13.2 Å². The second-order valence-electron chi connectivity index (χ2n) is 3.71. The van der Waals surface area contributed by atoms with Gasteiger partial charge in [-0.05, 0) is 18.2 Å². The lowest BCUT2D eigenvalue weighted by Gasteiger charge is -2.16. The molecule has 0 heterocycles. The van der Waals surface area contributed by atoms with Crippen LogP contribution in [0.1, 0.15) is 12.5 Å². The average molecular weight is 311 g/mol. The summed E-state index contributed by atoms with van der Waals surface area (Å²) >= 11 is 5.67. The highest BCUT2D eigenvalue weighted by atomic mass is 35.5. The van der Waals surface area contributed by atoms with Crippen LogP contribution >= 0.6 is 11.6 Å². The topological polar surface area (TPSA) is 64.4 Å². The van der Waals surface area contributed by atoms with Crippen LogP contribution in [0, 0.1) is 10.1 Å². The van der Waals surface area contributed by atoms with Crippen LogP contribution in [0.15, 0.2) is 23.9 Å². The van der Waals surface area contributed by atoms with Crippen LogP contribution in [0.5, 0.6) is 0 Å². The Bertz CT molecular complexity index is 558. The SMILES string of the molecule is CONc1ccc(Cl)cc1/C(=C(\C)[N+](=O)[O-])C(F)(F)F. The first kappa shape index (κ1) is 16.3. The smallest absolute Gasteiger partial charge is 0.279 e. The first-order valence-corrected chi connectivity index (χ1v) is 5.57. The van der Waals surface area contributed by atoms with E-state index in [1.807, 2.05) is 0 Å². The van der Waals surface area contributed by atoms with Crippen molar-refractivity contribution in [3.63, 3.8) is 0 Å². The molecule has 0 aliphatic heterocycles. The minimum atomic E-state index is -4.91. The highest BCUT2D eigenvalue weighted by Gasteiger charge is 2.41. The minimum absolute atomic E-state index is 0.0135. The predicted octanol–water partition coefficient (Wildman–Crippen LogP) is 3.88. The van der Waals surface area contributed by atoms with Crippen LogP contribution in [0.3, 0.4) is 0 Å². The van der Waals surface area contributed by atoms with E-state index in [4.69, 9.17) is 11.6 Å². The summed E-state index contributed by atoms with van der Waals surface area (Å²) < 4.78 is 39.3. The Balaban J connectivity index is 3.62. The van der Waals surface area contributed by atoms with Crippen molar-refractivity contribution in [2.45, 2.75) is 13.1 Å². The molecule has 0 fully saturated rings. The number of nitrogens with zero attached hydrogens (tertiary/aromatic N) is 1. The van der Waals surface area contributed by atoms with Gasteiger partial charge >= 0.3 is 6.18 Å². The van der Waals surface area contributed by atoms with Crippen molar-refractivity contribution in [2.75, 3.05) is 12.6 Å². The van der Waals surface area contributed by atoms with Crippen molar-refractivity contribution in [1.82, 2.24) is 0 Å².